The number of nitrogens with one attached hydrogen (secondary N) is 1. The lowest BCUT2D eigenvalue weighted by atomic mass is 10.1. The standard InChI is InChI=1S/C14H20N4/c1-3-6-16-9-14-10-18(11-17-14)12(2)13-4-7-15-8-5-13/h4-5,7-8,10-12,16H,3,6,9H2,1-2H3. The van der Waals surface area contributed by atoms with E-state index in [0.29, 0.717) is 6.04 Å². The quantitative estimate of drug-likeness (QED) is 0.793. The minimum absolute atomic E-state index is 0.292. The molecule has 0 aliphatic carbocycles. The molecule has 1 N–H and O–H groups in total. The van der Waals surface area contributed by atoms with Gasteiger partial charge in [-0.3, -0.25) is 4.98 Å². The molecule has 4 heteroatoms. The van der Waals surface area contributed by atoms with Crippen LogP contribution in [0.4, 0.5) is 0 Å². The Morgan fingerprint density at radius 3 is 2.83 bits per heavy atom. The Kier molecular flexibility index (Phi) is 4.47. The van der Waals surface area contributed by atoms with Crippen molar-refractivity contribution in [3.8, 4) is 0 Å². The van der Waals surface area contributed by atoms with Crippen molar-refractivity contribution in [2.45, 2.75) is 32.9 Å². The molecule has 0 bridgehead atoms. The lowest BCUT2D eigenvalue weighted by Gasteiger charge is -2.12. The summed E-state index contributed by atoms with van der Waals surface area (Å²) in [6.07, 6.45) is 8.80. The van der Waals surface area contributed by atoms with Gasteiger partial charge >= 0.3 is 0 Å². The molecule has 0 aromatic carbocycles. The van der Waals surface area contributed by atoms with E-state index in [1.54, 1.807) is 0 Å². The Morgan fingerprint density at radius 2 is 2.11 bits per heavy atom. The topological polar surface area (TPSA) is 42.7 Å². The zero-order chi connectivity index (χ0) is 12.8. The van der Waals surface area contributed by atoms with Crippen LogP contribution in [0.25, 0.3) is 0 Å². The maximum absolute atomic E-state index is 4.42. The maximum Gasteiger partial charge on any atom is 0.0955 e. The SMILES string of the molecule is CCCNCc1cn(C(C)c2ccncc2)cn1. The highest BCUT2D eigenvalue weighted by molar-refractivity contribution is 5.16. The van der Waals surface area contributed by atoms with Crippen molar-refractivity contribution in [1.82, 2.24) is 19.9 Å². The molecule has 0 aliphatic heterocycles. The predicted octanol–water partition coefficient (Wildman–Crippen LogP) is 2.39. The van der Waals surface area contributed by atoms with Gasteiger partial charge in [-0.1, -0.05) is 6.92 Å². The lowest BCUT2D eigenvalue weighted by molar-refractivity contribution is 0.633. The first-order valence-corrected chi connectivity index (χ1v) is 6.44. The number of hydrogen-bond donors (Lipinski definition) is 1. The van der Waals surface area contributed by atoms with Crippen LogP contribution in [0.5, 0.6) is 0 Å². The molecule has 0 amide bonds. The molecule has 1 atom stereocenters. The van der Waals surface area contributed by atoms with Gasteiger partial charge in [0.25, 0.3) is 0 Å². The van der Waals surface area contributed by atoms with Gasteiger partial charge in [0.1, 0.15) is 0 Å². The highest BCUT2D eigenvalue weighted by Gasteiger charge is 2.08. The van der Waals surface area contributed by atoms with Crippen molar-refractivity contribution in [3.63, 3.8) is 0 Å². The third-order valence-corrected chi connectivity index (χ3v) is 3.02. The largest absolute Gasteiger partial charge is 0.330 e. The summed E-state index contributed by atoms with van der Waals surface area (Å²) in [5, 5.41) is 3.36. The molecule has 2 aromatic heterocycles. The van der Waals surface area contributed by atoms with Crippen molar-refractivity contribution in [1.29, 1.82) is 0 Å². The molecule has 2 heterocycles. The predicted molar refractivity (Wildman–Crippen MR) is 72.3 cm³/mol. The molecule has 0 radical (unpaired) electrons. The number of pyridine rings is 1. The summed E-state index contributed by atoms with van der Waals surface area (Å²) >= 11 is 0. The Hall–Kier alpha value is -1.68. The number of aromatic nitrogens is 3. The summed E-state index contributed by atoms with van der Waals surface area (Å²) in [4.78, 5) is 8.46. The molecule has 2 aromatic rings. The number of nitrogens with zero attached hydrogens (tertiary/aromatic N) is 3. The summed E-state index contributed by atoms with van der Waals surface area (Å²) in [5.41, 5.74) is 2.33. The Bertz CT molecular complexity index is 464. The molecule has 18 heavy (non-hydrogen) atoms. The molecule has 2 rings (SSSR count). The zero-order valence-electron chi connectivity index (χ0n) is 11.0. The first kappa shape index (κ1) is 12.8. The molecule has 96 valence electrons. The van der Waals surface area contributed by atoms with Crippen LogP contribution in [0, 0.1) is 0 Å². The van der Waals surface area contributed by atoms with Gasteiger partial charge < -0.3 is 9.88 Å². The van der Waals surface area contributed by atoms with Crippen molar-refractivity contribution >= 4 is 0 Å². The highest BCUT2D eigenvalue weighted by Crippen LogP contribution is 2.16. The highest BCUT2D eigenvalue weighted by atomic mass is 15.1. The first-order chi connectivity index (χ1) is 8.81. The maximum atomic E-state index is 4.42. The van der Waals surface area contributed by atoms with Gasteiger partial charge in [0.05, 0.1) is 18.1 Å². The van der Waals surface area contributed by atoms with Crippen molar-refractivity contribution in [2.75, 3.05) is 6.54 Å². The number of hydrogen-bond acceptors (Lipinski definition) is 3. The molecule has 0 aliphatic rings. The normalized spacial score (nSPS) is 12.6. The van der Waals surface area contributed by atoms with Gasteiger partial charge in [-0.2, -0.15) is 0 Å². The molecule has 0 saturated heterocycles. The summed E-state index contributed by atoms with van der Waals surface area (Å²) < 4.78 is 2.14. The molecule has 0 spiro atoms. The van der Waals surface area contributed by atoms with E-state index >= 15 is 0 Å². The molecule has 1 unspecified atom stereocenters. The fourth-order valence-electron chi connectivity index (χ4n) is 1.89. The fourth-order valence-corrected chi connectivity index (χ4v) is 1.89. The molecular formula is C14H20N4. The third-order valence-electron chi connectivity index (χ3n) is 3.02. The molecule has 0 saturated carbocycles. The second-order valence-electron chi connectivity index (χ2n) is 4.45. The minimum atomic E-state index is 0.292. The van der Waals surface area contributed by atoms with Crippen LogP contribution in [0.15, 0.2) is 37.1 Å². The van der Waals surface area contributed by atoms with E-state index in [-0.39, 0.29) is 0 Å². The van der Waals surface area contributed by atoms with Gasteiger partial charge in [0.2, 0.25) is 0 Å². The molecule has 4 nitrogen and oxygen atoms in total. The second kappa shape index (κ2) is 6.31. The first-order valence-electron chi connectivity index (χ1n) is 6.44. The van der Waals surface area contributed by atoms with Gasteiger partial charge in [0.15, 0.2) is 0 Å². The Morgan fingerprint density at radius 1 is 1.33 bits per heavy atom. The Balaban J connectivity index is 2.01. The van der Waals surface area contributed by atoms with Gasteiger partial charge in [0, 0.05) is 25.1 Å². The van der Waals surface area contributed by atoms with Crippen LogP contribution in [-0.4, -0.2) is 21.1 Å². The van der Waals surface area contributed by atoms with Crippen molar-refractivity contribution in [2.24, 2.45) is 0 Å². The number of imidazole rings is 1. The summed E-state index contributed by atoms with van der Waals surface area (Å²) in [6.45, 7) is 6.20. The molecule has 0 fully saturated rings. The van der Waals surface area contributed by atoms with Gasteiger partial charge in [-0.05, 0) is 37.6 Å². The summed E-state index contributed by atoms with van der Waals surface area (Å²) in [7, 11) is 0. The average Bonchev–Trinajstić information content (AvgIpc) is 2.88. The van der Waals surface area contributed by atoms with Crippen LogP contribution >= 0.6 is 0 Å². The average molecular weight is 244 g/mol. The van der Waals surface area contributed by atoms with Crippen LogP contribution in [0.1, 0.15) is 37.6 Å². The monoisotopic (exact) mass is 244 g/mol. The van der Waals surface area contributed by atoms with E-state index in [0.717, 1.165) is 25.2 Å². The van der Waals surface area contributed by atoms with E-state index in [2.05, 4.69) is 39.9 Å². The lowest BCUT2D eigenvalue weighted by Crippen LogP contribution is -2.14. The van der Waals surface area contributed by atoms with Gasteiger partial charge in [-0.15, -0.1) is 0 Å². The van der Waals surface area contributed by atoms with Gasteiger partial charge in [-0.25, -0.2) is 4.98 Å². The third kappa shape index (κ3) is 3.17. The van der Waals surface area contributed by atoms with E-state index in [4.69, 9.17) is 0 Å². The number of rotatable bonds is 6. The fraction of sp³-hybridized carbons (Fsp3) is 0.429. The second-order valence-corrected chi connectivity index (χ2v) is 4.45. The van der Waals surface area contributed by atoms with E-state index in [1.807, 2.05) is 30.9 Å². The Labute approximate surface area is 108 Å². The van der Waals surface area contributed by atoms with Crippen LogP contribution in [0.3, 0.4) is 0 Å². The van der Waals surface area contributed by atoms with Crippen molar-refractivity contribution in [3.05, 3.63) is 48.3 Å². The van der Waals surface area contributed by atoms with E-state index < -0.39 is 0 Å². The van der Waals surface area contributed by atoms with Crippen molar-refractivity contribution < 1.29 is 0 Å². The van der Waals surface area contributed by atoms with Crippen LogP contribution in [0.2, 0.25) is 0 Å². The van der Waals surface area contributed by atoms with Crippen LogP contribution < -0.4 is 5.32 Å². The molecular weight excluding hydrogens is 224 g/mol. The zero-order valence-corrected chi connectivity index (χ0v) is 11.0. The summed E-state index contributed by atoms with van der Waals surface area (Å²) in [5.74, 6) is 0. The van der Waals surface area contributed by atoms with E-state index in [9.17, 15) is 0 Å². The van der Waals surface area contributed by atoms with E-state index in [1.165, 1.54) is 5.56 Å². The van der Waals surface area contributed by atoms with Crippen LogP contribution in [-0.2, 0) is 6.54 Å². The summed E-state index contributed by atoms with van der Waals surface area (Å²) in [6, 6.07) is 4.37. The smallest absolute Gasteiger partial charge is 0.0955 e. The minimum Gasteiger partial charge on any atom is -0.330 e.